The van der Waals surface area contributed by atoms with Gasteiger partial charge in [-0.2, -0.15) is 0 Å². The number of benzene rings is 1. The lowest BCUT2D eigenvalue weighted by molar-refractivity contribution is -0.00000422. The van der Waals surface area contributed by atoms with Gasteiger partial charge in [0.15, 0.2) is 0 Å². The smallest absolute Gasteiger partial charge is 0.137 e. The molecule has 0 aliphatic heterocycles. The fraction of sp³-hybridized carbons (Fsp3) is 0.444. The predicted molar refractivity (Wildman–Crippen MR) is 87.1 cm³/mol. The summed E-state index contributed by atoms with van der Waals surface area (Å²) in [5, 5.41) is 0. The van der Waals surface area contributed by atoms with Crippen LogP contribution in [0.1, 0.15) is 40.0 Å². The van der Waals surface area contributed by atoms with E-state index in [1.54, 1.807) is 0 Å². The van der Waals surface area contributed by atoms with Gasteiger partial charge in [-0.1, -0.05) is 50.1 Å². The molecule has 0 atom stereocenters. The van der Waals surface area contributed by atoms with Gasteiger partial charge in [0, 0.05) is 12.5 Å². The first-order valence-electron chi connectivity index (χ1n) is 7.24. The zero-order valence-corrected chi connectivity index (χ0v) is 15.6. The van der Waals surface area contributed by atoms with Crippen LogP contribution in [0.15, 0.2) is 53.8 Å². The summed E-state index contributed by atoms with van der Waals surface area (Å²) in [5.74, 6) is 0. The summed E-state index contributed by atoms with van der Waals surface area (Å²) < 4.78 is 0.810. The van der Waals surface area contributed by atoms with Crippen LogP contribution in [0.4, 0.5) is 5.69 Å². The van der Waals surface area contributed by atoms with E-state index in [1.807, 2.05) is 0 Å². The SMILES string of the molecule is CCCC/C=C/C(C)=C(\C)[N+](C)(C)c1ccccc1.[I-]. The van der Waals surface area contributed by atoms with Crippen molar-refractivity contribution in [3.8, 4) is 0 Å². The van der Waals surface area contributed by atoms with E-state index in [0.717, 1.165) is 4.48 Å². The van der Waals surface area contributed by atoms with Crippen molar-refractivity contribution in [1.29, 1.82) is 0 Å². The molecule has 0 heterocycles. The normalized spacial score (nSPS) is 13.1. The summed E-state index contributed by atoms with van der Waals surface area (Å²) in [4.78, 5) is 0. The van der Waals surface area contributed by atoms with Gasteiger partial charge in [0.1, 0.15) is 11.4 Å². The molecule has 0 saturated carbocycles. The van der Waals surface area contributed by atoms with E-state index in [1.165, 1.54) is 36.2 Å². The predicted octanol–water partition coefficient (Wildman–Crippen LogP) is 2.30. The van der Waals surface area contributed by atoms with Gasteiger partial charge in [-0.25, -0.2) is 0 Å². The maximum atomic E-state index is 2.30. The number of nitrogens with zero attached hydrogens (tertiary/aromatic N) is 1. The molecule has 0 spiro atoms. The summed E-state index contributed by atoms with van der Waals surface area (Å²) in [7, 11) is 4.49. The Bertz CT molecular complexity index is 444. The second-order valence-corrected chi connectivity index (χ2v) is 5.60. The van der Waals surface area contributed by atoms with Crippen molar-refractivity contribution in [2.24, 2.45) is 0 Å². The molecule has 0 amide bonds. The number of rotatable bonds is 6. The Morgan fingerprint density at radius 1 is 1.10 bits per heavy atom. The third-order valence-electron chi connectivity index (χ3n) is 3.90. The first-order valence-corrected chi connectivity index (χ1v) is 7.24. The highest BCUT2D eigenvalue weighted by Crippen LogP contribution is 2.26. The molecule has 1 nitrogen and oxygen atoms in total. The lowest BCUT2D eigenvalue weighted by atomic mass is 10.1. The van der Waals surface area contributed by atoms with Gasteiger partial charge in [-0.05, 0) is 25.5 Å². The van der Waals surface area contributed by atoms with Crippen molar-refractivity contribution in [3.05, 3.63) is 53.8 Å². The molecule has 0 N–H and O–H groups in total. The second kappa shape index (κ2) is 9.35. The summed E-state index contributed by atoms with van der Waals surface area (Å²) in [5.41, 5.74) is 4.07. The minimum Gasteiger partial charge on any atom is -1.00 e. The fourth-order valence-corrected chi connectivity index (χ4v) is 2.14. The van der Waals surface area contributed by atoms with Gasteiger partial charge in [-0.15, -0.1) is 0 Å². The molecule has 1 rings (SSSR count). The van der Waals surface area contributed by atoms with Crippen LogP contribution in [0.2, 0.25) is 0 Å². The fourth-order valence-electron chi connectivity index (χ4n) is 2.14. The summed E-state index contributed by atoms with van der Waals surface area (Å²) in [6.07, 6.45) is 8.29. The van der Waals surface area contributed by atoms with Crippen LogP contribution in [-0.4, -0.2) is 14.1 Å². The number of allylic oxidation sites excluding steroid dienone is 4. The molecular formula is C18H28IN. The molecule has 0 saturated heterocycles. The van der Waals surface area contributed by atoms with E-state index < -0.39 is 0 Å². The van der Waals surface area contributed by atoms with Crippen molar-refractivity contribution >= 4 is 5.69 Å². The van der Waals surface area contributed by atoms with E-state index in [2.05, 4.69) is 77.4 Å². The third kappa shape index (κ3) is 5.41. The minimum absolute atomic E-state index is 0. The molecule has 0 bridgehead atoms. The van der Waals surface area contributed by atoms with Crippen LogP contribution in [0, 0.1) is 0 Å². The van der Waals surface area contributed by atoms with Crippen molar-refractivity contribution in [2.75, 3.05) is 14.1 Å². The lowest BCUT2D eigenvalue weighted by Gasteiger charge is -2.30. The van der Waals surface area contributed by atoms with Gasteiger partial charge in [0.2, 0.25) is 0 Å². The Balaban J connectivity index is 0.00000361. The van der Waals surface area contributed by atoms with Gasteiger partial charge in [0.25, 0.3) is 0 Å². The van der Waals surface area contributed by atoms with Gasteiger partial charge in [-0.3, -0.25) is 4.48 Å². The standard InChI is InChI=1S/C18H28N.HI/c1-6-7-8-10-13-16(2)17(3)19(4,5)18-14-11-9-12-15-18;/h9-15H,6-8H2,1-5H3;1H/q+1;/p-1/b13-10+,17-16+;. The molecule has 0 aliphatic carbocycles. The Hall–Kier alpha value is -0.610. The Kier molecular flexibility index (Phi) is 9.06. The number of quaternary nitrogens is 1. The van der Waals surface area contributed by atoms with E-state index in [9.17, 15) is 0 Å². The molecule has 0 radical (unpaired) electrons. The number of unbranched alkanes of at least 4 members (excludes halogenated alkanes) is 2. The average Bonchev–Trinajstić information content (AvgIpc) is 2.43. The zero-order chi connectivity index (χ0) is 14.3. The highest BCUT2D eigenvalue weighted by atomic mass is 127. The topological polar surface area (TPSA) is 0 Å². The molecule has 20 heavy (non-hydrogen) atoms. The number of hydrogen-bond donors (Lipinski definition) is 0. The van der Waals surface area contributed by atoms with Crippen molar-refractivity contribution < 1.29 is 24.0 Å². The van der Waals surface area contributed by atoms with Gasteiger partial charge < -0.3 is 24.0 Å². The lowest BCUT2D eigenvalue weighted by Crippen LogP contribution is -3.00. The molecular weight excluding hydrogens is 357 g/mol. The van der Waals surface area contributed by atoms with Crippen molar-refractivity contribution in [2.45, 2.75) is 40.0 Å². The zero-order valence-electron chi connectivity index (χ0n) is 13.5. The van der Waals surface area contributed by atoms with Crippen LogP contribution in [0.25, 0.3) is 0 Å². The summed E-state index contributed by atoms with van der Waals surface area (Å²) in [6, 6.07) is 10.7. The largest absolute Gasteiger partial charge is 1.00 e. The van der Waals surface area contributed by atoms with Gasteiger partial charge >= 0.3 is 0 Å². The Morgan fingerprint density at radius 2 is 1.70 bits per heavy atom. The van der Waals surface area contributed by atoms with Crippen LogP contribution < -0.4 is 28.5 Å². The van der Waals surface area contributed by atoms with E-state index in [4.69, 9.17) is 0 Å². The Labute approximate surface area is 142 Å². The van der Waals surface area contributed by atoms with Crippen molar-refractivity contribution in [3.63, 3.8) is 0 Å². The monoisotopic (exact) mass is 385 g/mol. The maximum Gasteiger partial charge on any atom is 0.137 e. The molecule has 0 aliphatic rings. The summed E-state index contributed by atoms with van der Waals surface area (Å²) >= 11 is 0. The van der Waals surface area contributed by atoms with Crippen LogP contribution in [-0.2, 0) is 0 Å². The molecule has 1 aromatic carbocycles. The first-order chi connectivity index (χ1) is 9.00. The highest BCUT2D eigenvalue weighted by molar-refractivity contribution is 5.47. The van der Waals surface area contributed by atoms with E-state index in [0.29, 0.717) is 0 Å². The van der Waals surface area contributed by atoms with Crippen LogP contribution in [0.3, 0.4) is 0 Å². The molecule has 112 valence electrons. The highest BCUT2D eigenvalue weighted by Gasteiger charge is 2.22. The van der Waals surface area contributed by atoms with E-state index in [-0.39, 0.29) is 24.0 Å². The van der Waals surface area contributed by atoms with Crippen LogP contribution >= 0.6 is 0 Å². The molecule has 1 aromatic rings. The molecule has 0 fully saturated rings. The van der Waals surface area contributed by atoms with Crippen molar-refractivity contribution in [1.82, 2.24) is 4.48 Å². The number of halogens is 1. The number of para-hydroxylation sites is 1. The summed E-state index contributed by atoms with van der Waals surface area (Å²) in [6.45, 7) is 6.67. The first kappa shape index (κ1) is 19.4. The third-order valence-corrected chi connectivity index (χ3v) is 3.90. The Morgan fingerprint density at radius 3 is 2.25 bits per heavy atom. The maximum absolute atomic E-state index is 2.30. The van der Waals surface area contributed by atoms with Gasteiger partial charge in [0.05, 0.1) is 14.1 Å². The molecule has 0 unspecified atom stereocenters. The molecule has 2 heteroatoms. The quantitative estimate of drug-likeness (QED) is 0.305. The molecule has 0 aromatic heterocycles. The second-order valence-electron chi connectivity index (χ2n) is 5.60. The number of hydrogen-bond acceptors (Lipinski definition) is 0. The van der Waals surface area contributed by atoms with Crippen LogP contribution in [0.5, 0.6) is 0 Å². The minimum atomic E-state index is 0. The average molecular weight is 385 g/mol. The van der Waals surface area contributed by atoms with E-state index >= 15 is 0 Å².